The van der Waals surface area contributed by atoms with Crippen LogP contribution in [-0.4, -0.2) is 102 Å². The zero-order chi connectivity index (χ0) is 54.0. The smallest absolute Gasteiger partial charge is 0.257 e. The first-order valence-electron chi connectivity index (χ1n) is 27.1. The number of hydrogen-bond acceptors (Lipinski definition) is 12. The lowest BCUT2D eigenvalue weighted by molar-refractivity contribution is -0.0741. The van der Waals surface area contributed by atoms with E-state index in [2.05, 4.69) is 42.5 Å². The number of aryl methyl sites for hydroxylation is 2. The highest BCUT2D eigenvalue weighted by atomic mass is 16.5. The Balaban J connectivity index is 0.000000165. The number of pyridine rings is 2. The van der Waals surface area contributed by atoms with E-state index in [1.54, 1.807) is 36.7 Å². The van der Waals surface area contributed by atoms with Crippen LogP contribution in [0.2, 0.25) is 0 Å². The van der Waals surface area contributed by atoms with Crippen LogP contribution in [-0.2, 0) is 22.4 Å². The number of likely N-dealkylation sites (tertiary alicyclic amines) is 2. The fourth-order valence-electron chi connectivity index (χ4n) is 11.8. The largest absolute Gasteiger partial charge is 0.492 e. The van der Waals surface area contributed by atoms with E-state index in [9.17, 15) is 29.7 Å². The van der Waals surface area contributed by atoms with Crippen LogP contribution in [0.25, 0.3) is 0 Å². The summed E-state index contributed by atoms with van der Waals surface area (Å²) in [4.78, 5) is 70.0. The van der Waals surface area contributed by atoms with Crippen LogP contribution >= 0.6 is 0 Å². The zero-order valence-corrected chi connectivity index (χ0v) is 44.1. The molecule has 396 valence electrons. The molecule has 4 aromatic carbocycles. The van der Waals surface area contributed by atoms with Crippen LogP contribution in [0.4, 0.5) is 23.0 Å². The third-order valence-electron chi connectivity index (χ3n) is 16.6. The van der Waals surface area contributed by atoms with E-state index in [0.29, 0.717) is 97.0 Å². The Morgan fingerprint density at radius 1 is 0.551 bits per heavy atom. The van der Waals surface area contributed by atoms with Gasteiger partial charge in [-0.05, 0) is 160 Å². The van der Waals surface area contributed by atoms with Crippen LogP contribution in [0.15, 0.2) is 109 Å². The van der Waals surface area contributed by atoms with Gasteiger partial charge in [0.1, 0.15) is 17.4 Å². The molecule has 78 heavy (non-hydrogen) atoms. The normalized spacial score (nSPS) is 17.5. The maximum atomic E-state index is 13.4. The molecule has 0 unspecified atom stereocenters. The van der Waals surface area contributed by atoms with Gasteiger partial charge in [-0.3, -0.25) is 19.2 Å². The summed E-state index contributed by atoms with van der Waals surface area (Å²) in [5, 5.41) is 24.3. The number of fused-ring (bicyclic) bond motifs is 4. The predicted molar refractivity (Wildman–Crippen MR) is 296 cm³/mol. The molecule has 16 heteroatoms. The molecule has 6 aliphatic heterocycles. The van der Waals surface area contributed by atoms with Crippen LogP contribution in [0.5, 0.6) is 5.75 Å². The molecular formula is C62H62N10O6. The molecule has 2 aromatic heterocycles. The van der Waals surface area contributed by atoms with Gasteiger partial charge in [0.15, 0.2) is 0 Å². The van der Waals surface area contributed by atoms with Gasteiger partial charge in [-0.1, -0.05) is 24.3 Å². The van der Waals surface area contributed by atoms with Gasteiger partial charge >= 0.3 is 0 Å². The highest BCUT2D eigenvalue weighted by Crippen LogP contribution is 2.47. The summed E-state index contributed by atoms with van der Waals surface area (Å²) in [6.45, 7) is 11.3. The molecule has 0 radical (unpaired) electrons. The van der Waals surface area contributed by atoms with Crippen LogP contribution in [0.1, 0.15) is 132 Å². The average molecular weight is 1040 g/mol. The quantitative estimate of drug-likeness (QED) is 0.147. The van der Waals surface area contributed by atoms with Crippen molar-refractivity contribution in [3.8, 4) is 17.9 Å². The molecule has 4 saturated heterocycles. The first-order valence-corrected chi connectivity index (χ1v) is 27.1. The van der Waals surface area contributed by atoms with Crippen molar-refractivity contribution >= 4 is 46.6 Å². The first kappa shape index (κ1) is 51.5. The van der Waals surface area contributed by atoms with Gasteiger partial charge < -0.3 is 39.7 Å². The fraction of sp³-hybridized carbons (Fsp3) is 0.355. The number of ether oxygens (including phenoxy) is 2. The molecule has 2 spiro atoms. The molecule has 6 aromatic rings. The van der Waals surface area contributed by atoms with E-state index < -0.39 is 5.60 Å². The van der Waals surface area contributed by atoms with Crippen LogP contribution in [0, 0.1) is 36.5 Å². The number of anilines is 4. The van der Waals surface area contributed by atoms with Crippen molar-refractivity contribution in [1.82, 2.24) is 19.8 Å². The van der Waals surface area contributed by atoms with E-state index in [1.165, 1.54) is 25.7 Å². The second-order valence-electron chi connectivity index (χ2n) is 21.4. The van der Waals surface area contributed by atoms with Crippen molar-refractivity contribution in [2.24, 2.45) is 0 Å². The standard InChI is InChI=1S/2C31H31N5O3/c1-21-4-6-23(17-27(21)34-29(37)24-7-9-28(33-19-24)35-12-2-3-13-35)30(38)36-14-10-31(11-15-36)26-8-5-22(18-32)16-25(26)20-39-31;1-21-4-6-23(17-26(21)34-29(37)24-7-9-28(33-19-24)35-12-2-3-13-35)30(38)36-14-10-31(11-15-36)20-39-27-16-22(18-32)5-8-25(27)31/h2*4-9,16-17,19H,2-3,10-15,20H2,1H3,(H,34,37). The molecule has 16 nitrogen and oxygen atoms in total. The van der Waals surface area contributed by atoms with E-state index in [1.807, 2.05) is 96.4 Å². The maximum Gasteiger partial charge on any atom is 0.257 e. The molecule has 0 saturated carbocycles. The molecule has 0 aliphatic carbocycles. The summed E-state index contributed by atoms with van der Waals surface area (Å²) in [6, 6.07) is 34.0. The molecule has 4 fully saturated rings. The predicted octanol–water partition coefficient (Wildman–Crippen LogP) is 9.46. The highest BCUT2D eigenvalue weighted by Gasteiger charge is 2.45. The van der Waals surface area contributed by atoms with Gasteiger partial charge in [0.25, 0.3) is 23.6 Å². The lowest BCUT2D eigenvalue weighted by Gasteiger charge is -2.39. The summed E-state index contributed by atoms with van der Waals surface area (Å²) >= 11 is 0. The fourth-order valence-corrected chi connectivity index (χ4v) is 11.8. The lowest BCUT2D eigenvalue weighted by Crippen LogP contribution is -2.46. The summed E-state index contributed by atoms with van der Waals surface area (Å²) in [6.07, 6.45) is 10.9. The topological polar surface area (TPSA) is 197 Å². The second-order valence-corrected chi connectivity index (χ2v) is 21.4. The monoisotopic (exact) mass is 1040 g/mol. The number of rotatable bonds is 8. The molecule has 4 amide bonds. The number of nitriles is 2. The number of carbonyl (C=O) groups excluding carboxylic acids is 4. The lowest BCUT2D eigenvalue weighted by atomic mass is 9.74. The van der Waals surface area contributed by atoms with E-state index in [0.717, 1.165) is 84.2 Å². The van der Waals surface area contributed by atoms with Gasteiger partial charge in [-0.15, -0.1) is 0 Å². The van der Waals surface area contributed by atoms with Crippen molar-refractivity contribution in [3.05, 3.63) is 171 Å². The van der Waals surface area contributed by atoms with Crippen LogP contribution in [0.3, 0.4) is 0 Å². The number of amides is 4. The number of nitrogens with zero attached hydrogens (tertiary/aromatic N) is 8. The van der Waals surface area contributed by atoms with E-state index in [-0.39, 0.29) is 29.0 Å². The van der Waals surface area contributed by atoms with Gasteiger partial charge in [0.2, 0.25) is 0 Å². The van der Waals surface area contributed by atoms with Crippen molar-refractivity contribution in [3.63, 3.8) is 0 Å². The minimum Gasteiger partial charge on any atom is -0.492 e. The van der Waals surface area contributed by atoms with Gasteiger partial charge in [-0.25, -0.2) is 9.97 Å². The Kier molecular flexibility index (Phi) is 14.4. The second kappa shape index (κ2) is 21.8. The Morgan fingerprint density at radius 3 is 1.51 bits per heavy atom. The summed E-state index contributed by atoms with van der Waals surface area (Å²) in [5.41, 5.74) is 9.11. The molecule has 0 bridgehead atoms. The van der Waals surface area contributed by atoms with Gasteiger partial charge in [0, 0.05) is 98.2 Å². The van der Waals surface area contributed by atoms with Crippen molar-refractivity contribution in [2.45, 2.75) is 82.8 Å². The van der Waals surface area contributed by atoms with Crippen molar-refractivity contribution in [1.29, 1.82) is 10.5 Å². The Labute approximate surface area is 454 Å². The van der Waals surface area contributed by atoms with Crippen LogP contribution < -0.4 is 25.2 Å². The Hall–Kier alpha value is -8.60. The van der Waals surface area contributed by atoms with Crippen molar-refractivity contribution in [2.75, 3.05) is 79.4 Å². The molecular weight excluding hydrogens is 981 g/mol. The number of aromatic nitrogens is 2. The molecule has 2 N–H and O–H groups in total. The third kappa shape index (κ3) is 10.4. The Morgan fingerprint density at radius 2 is 1.03 bits per heavy atom. The molecule has 12 rings (SSSR count). The minimum absolute atomic E-state index is 0.0454. The zero-order valence-electron chi connectivity index (χ0n) is 44.1. The molecule has 6 aliphatic rings. The molecule has 8 heterocycles. The van der Waals surface area contributed by atoms with Gasteiger partial charge in [0.05, 0.1) is 53.2 Å². The van der Waals surface area contributed by atoms with E-state index >= 15 is 0 Å². The van der Waals surface area contributed by atoms with Crippen molar-refractivity contribution < 1.29 is 28.7 Å². The highest BCUT2D eigenvalue weighted by molar-refractivity contribution is 6.06. The summed E-state index contributed by atoms with van der Waals surface area (Å²) in [7, 11) is 0. The summed E-state index contributed by atoms with van der Waals surface area (Å²) < 4.78 is 12.2. The first-order chi connectivity index (χ1) is 37.9. The minimum atomic E-state index is -0.398. The van der Waals surface area contributed by atoms with Gasteiger partial charge in [-0.2, -0.15) is 10.5 Å². The Bertz CT molecular complexity index is 3150. The summed E-state index contributed by atoms with van der Waals surface area (Å²) in [5.74, 6) is 1.98. The SMILES string of the molecule is Cc1ccc(C(=O)N2CCC3(CC2)COc2cc(C#N)ccc23)cc1NC(=O)c1ccc(N2CCCC2)nc1.Cc1ccc(C(=O)N2CCC3(CC2)OCc2cc(C#N)ccc23)cc1NC(=O)c1ccc(N2CCCC2)nc1. The number of piperidine rings is 2. The third-order valence-corrected chi connectivity index (χ3v) is 16.6. The average Bonchev–Trinajstić information content (AvgIpc) is 4.49. The number of hydrogen-bond donors (Lipinski definition) is 2. The maximum absolute atomic E-state index is 13.4. The molecule has 0 atom stereocenters. The van der Waals surface area contributed by atoms with E-state index in [4.69, 9.17) is 9.47 Å². The number of carbonyl (C=O) groups is 4. The number of nitrogens with one attached hydrogen (secondary N) is 2. The number of benzene rings is 4.